The number of hydrogen-bond donors (Lipinski definition) is 1. The summed E-state index contributed by atoms with van der Waals surface area (Å²) in [7, 11) is 0. The maximum Gasteiger partial charge on any atom is 0.0702 e. The van der Waals surface area contributed by atoms with Gasteiger partial charge < -0.3 is 5.32 Å². The number of nitrogens with one attached hydrogen (secondary N) is 1. The largest absolute Gasteiger partial charge is 0.307 e. The first kappa shape index (κ1) is 16.1. The van der Waals surface area contributed by atoms with Crippen molar-refractivity contribution in [3.8, 4) is 0 Å². The lowest BCUT2D eigenvalue weighted by atomic mass is 9.70. The van der Waals surface area contributed by atoms with Gasteiger partial charge in [-0.3, -0.25) is 4.98 Å². The Bertz CT molecular complexity index is 708. The van der Waals surface area contributed by atoms with Crippen molar-refractivity contribution in [1.29, 1.82) is 0 Å². The Morgan fingerprint density at radius 1 is 1.12 bits per heavy atom. The number of pyridine rings is 1. The van der Waals surface area contributed by atoms with Gasteiger partial charge in [-0.1, -0.05) is 31.9 Å². The molecule has 2 nitrogen and oxygen atoms in total. The number of rotatable bonds is 3. The Balaban J connectivity index is 1.45. The molecule has 2 fully saturated rings. The van der Waals surface area contributed by atoms with Crippen molar-refractivity contribution in [3.63, 3.8) is 0 Å². The van der Waals surface area contributed by atoms with E-state index < -0.39 is 0 Å². The lowest BCUT2D eigenvalue weighted by Crippen LogP contribution is -2.47. The molecule has 1 aromatic heterocycles. The van der Waals surface area contributed by atoms with Crippen LogP contribution in [0.2, 0.25) is 0 Å². The summed E-state index contributed by atoms with van der Waals surface area (Å²) in [6, 6.07) is 10.8. The highest BCUT2D eigenvalue weighted by Crippen LogP contribution is 2.44. The van der Waals surface area contributed by atoms with Gasteiger partial charge in [0.1, 0.15) is 0 Å². The fourth-order valence-electron chi connectivity index (χ4n) is 5.30. The molecular formula is C22H30N2. The predicted molar refractivity (Wildman–Crippen MR) is 101 cm³/mol. The molecule has 2 aliphatic rings. The highest BCUT2D eigenvalue weighted by atomic mass is 15.0. The van der Waals surface area contributed by atoms with Gasteiger partial charge in [0.2, 0.25) is 0 Å². The summed E-state index contributed by atoms with van der Waals surface area (Å²) in [5.41, 5.74) is 2.77. The Morgan fingerprint density at radius 3 is 2.92 bits per heavy atom. The van der Waals surface area contributed by atoms with E-state index >= 15 is 0 Å². The molecule has 2 aliphatic carbocycles. The first-order valence-electron chi connectivity index (χ1n) is 9.68. The second-order valence-corrected chi connectivity index (χ2v) is 8.74. The fraction of sp³-hybridized carbons (Fsp3) is 0.591. The molecule has 24 heavy (non-hydrogen) atoms. The first-order chi connectivity index (χ1) is 11.6. The average Bonchev–Trinajstić information content (AvgIpc) is 2.70. The zero-order valence-electron chi connectivity index (χ0n) is 15.1. The molecule has 2 saturated carbocycles. The Hall–Kier alpha value is -1.41. The third kappa shape index (κ3) is 3.49. The Morgan fingerprint density at radius 2 is 2.00 bits per heavy atom. The van der Waals surface area contributed by atoms with E-state index in [1.54, 1.807) is 0 Å². The topological polar surface area (TPSA) is 24.9 Å². The molecule has 0 aliphatic heterocycles. The molecule has 4 rings (SSSR count). The summed E-state index contributed by atoms with van der Waals surface area (Å²) in [4.78, 5) is 4.42. The van der Waals surface area contributed by atoms with E-state index in [1.165, 1.54) is 49.5 Å². The van der Waals surface area contributed by atoms with Gasteiger partial charge in [0.15, 0.2) is 0 Å². The van der Waals surface area contributed by atoms with E-state index in [9.17, 15) is 0 Å². The fourth-order valence-corrected chi connectivity index (χ4v) is 5.30. The quantitative estimate of drug-likeness (QED) is 0.827. The normalized spacial score (nSPS) is 33.3. The van der Waals surface area contributed by atoms with Gasteiger partial charge in [-0.25, -0.2) is 0 Å². The van der Waals surface area contributed by atoms with Crippen LogP contribution in [0, 0.1) is 17.8 Å². The minimum absolute atomic E-state index is 0.307. The van der Waals surface area contributed by atoms with Crippen molar-refractivity contribution < 1.29 is 0 Å². The summed E-state index contributed by atoms with van der Waals surface area (Å²) >= 11 is 0. The molecule has 1 heterocycles. The molecule has 1 aromatic carbocycles. The summed E-state index contributed by atoms with van der Waals surface area (Å²) < 4.78 is 0. The molecule has 4 unspecified atom stereocenters. The molecular weight excluding hydrogens is 292 g/mol. The van der Waals surface area contributed by atoms with Gasteiger partial charge in [-0.05, 0) is 74.1 Å². The predicted octanol–water partition coefficient (Wildman–Crippen LogP) is 5.32. The molecule has 2 heteroatoms. The van der Waals surface area contributed by atoms with Crippen molar-refractivity contribution in [1.82, 2.24) is 10.3 Å². The van der Waals surface area contributed by atoms with Crippen LogP contribution in [0.4, 0.5) is 0 Å². The van der Waals surface area contributed by atoms with Gasteiger partial charge >= 0.3 is 0 Å². The SMILES string of the molecule is CC1CCC2CC(C1)CC(C)(NCc1ccc3ncccc3c1)C2. The number of nitrogens with zero attached hydrogens (tertiary/aromatic N) is 1. The van der Waals surface area contributed by atoms with E-state index in [-0.39, 0.29) is 0 Å². The number of aromatic nitrogens is 1. The van der Waals surface area contributed by atoms with Gasteiger partial charge in [-0.2, -0.15) is 0 Å². The Kier molecular flexibility index (Phi) is 4.34. The van der Waals surface area contributed by atoms with E-state index in [0.717, 1.165) is 29.8 Å². The van der Waals surface area contributed by atoms with E-state index in [1.807, 2.05) is 12.3 Å². The molecule has 0 saturated heterocycles. The maximum absolute atomic E-state index is 4.42. The molecule has 0 amide bonds. The van der Waals surface area contributed by atoms with Gasteiger partial charge in [0.25, 0.3) is 0 Å². The third-order valence-electron chi connectivity index (χ3n) is 6.34. The smallest absolute Gasteiger partial charge is 0.0702 e. The summed E-state index contributed by atoms with van der Waals surface area (Å²) in [6.07, 6.45) is 10.4. The molecule has 128 valence electrons. The second kappa shape index (κ2) is 6.48. The van der Waals surface area contributed by atoms with Crippen LogP contribution in [0.5, 0.6) is 0 Å². The summed E-state index contributed by atoms with van der Waals surface area (Å²) in [5.74, 6) is 2.79. The average molecular weight is 322 g/mol. The summed E-state index contributed by atoms with van der Waals surface area (Å²) in [5, 5.41) is 5.17. The minimum atomic E-state index is 0.307. The van der Waals surface area contributed by atoms with Crippen LogP contribution in [-0.4, -0.2) is 10.5 Å². The molecule has 0 spiro atoms. The number of hydrogen-bond acceptors (Lipinski definition) is 2. The standard InChI is InChI=1S/C22H30N2/c1-16-5-6-17-11-19(10-16)14-22(2,13-17)24-15-18-7-8-21-20(12-18)4-3-9-23-21/h3-4,7-9,12,16-17,19,24H,5-6,10-11,13-15H2,1-2H3. The molecule has 2 aromatic rings. The molecule has 0 radical (unpaired) electrons. The van der Waals surface area contributed by atoms with Crippen LogP contribution in [-0.2, 0) is 6.54 Å². The van der Waals surface area contributed by atoms with Crippen molar-refractivity contribution >= 4 is 10.9 Å². The van der Waals surface area contributed by atoms with Crippen molar-refractivity contribution in [3.05, 3.63) is 42.1 Å². The monoisotopic (exact) mass is 322 g/mol. The lowest BCUT2D eigenvalue weighted by molar-refractivity contribution is 0.141. The van der Waals surface area contributed by atoms with Crippen molar-refractivity contribution in [2.75, 3.05) is 0 Å². The third-order valence-corrected chi connectivity index (χ3v) is 6.34. The van der Waals surface area contributed by atoms with Crippen molar-refractivity contribution in [2.45, 2.75) is 64.5 Å². The lowest BCUT2D eigenvalue weighted by Gasteiger charge is -2.42. The molecule has 4 atom stereocenters. The summed E-state index contributed by atoms with van der Waals surface area (Å²) in [6.45, 7) is 5.88. The first-order valence-corrected chi connectivity index (χ1v) is 9.68. The van der Waals surface area contributed by atoms with Crippen LogP contribution < -0.4 is 5.32 Å². The zero-order chi connectivity index (χ0) is 16.6. The van der Waals surface area contributed by atoms with E-state index in [2.05, 4.69) is 48.4 Å². The Labute approximate surface area is 146 Å². The molecule has 2 bridgehead atoms. The number of fused-ring (bicyclic) bond motifs is 3. The highest BCUT2D eigenvalue weighted by Gasteiger charge is 2.38. The second-order valence-electron chi connectivity index (χ2n) is 8.74. The minimum Gasteiger partial charge on any atom is -0.307 e. The zero-order valence-corrected chi connectivity index (χ0v) is 15.1. The van der Waals surface area contributed by atoms with E-state index in [4.69, 9.17) is 0 Å². The highest BCUT2D eigenvalue weighted by molar-refractivity contribution is 5.78. The van der Waals surface area contributed by atoms with Crippen LogP contribution in [0.1, 0.15) is 57.9 Å². The van der Waals surface area contributed by atoms with Gasteiger partial charge in [0.05, 0.1) is 5.52 Å². The van der Waals surface area contributed by atoms with E-state index in [0.29, 0.717) is 5.54 Å². The van der Waals surface area contributed by atoms with Crippen LogP contribution in [0.3, 0.4) is 0 Å². The van der Waals surface area contributed by atoms with Crippen LogP contribution in [0.25, 0.3) is 10.9 Å². The molecule has 1 N–H and O–H groups in total. The maximum atomic E-state index is 4.42. The van der Waals surface area contributed by atoms with Crippen LogP contribution >= 0.6 is 0 Å². The van der Waals surface area contributed by atoms with Crippen LogP contribution in [0.15, 0.2) is 36.5 Å². The van der Waals surface area contributed by atoms with Gasteiger partial charge in [-0.15, -0.1) is 0 Å². The van der Waals surface area contributed by atoms with Crippen molar-refractivity contribution in [2.24, 2.45) is 17.8 Å². The van der Waals surface area contributed by atoms with Gasteiger partial charge in [0, 0.05) is 23.7 Å². The number of benzene rings is 1.